The number of hydrogen-bond donors (Lipinski definition) is 1. The zero-order valence-corrected chi connectivity index (χ0v) is 14.8. The highest BCUT2D eigenvalue weighted by Gasteiger charge is 2.35. The molecular formula is C19H19F3N2O3. The summed E-state index contributed by atoms with van der Waals surface area (Å²) in [7, 11) is 1.50. The van der Waals surface area contributed by atoms with E-state index in [0.717, 1.165) is 11.0 Å². The van der Waals surface area contributed by atoms with E-state index in [1.807, 2.05) is 0 Å². The summed E-state index contributed by atoms with van der Waals surface area (Å²) in [6.45, 7) is 1.08. The number of rotatable bonds is 6. The summed E-state index contributed by atoms with van der Waals surface area (Å²) < 4.78 is 44.6. The Morgan fingerprint density at radius 2 is 1.70 bits per heavy atom. The fraction of sp³-hybridized carbons (Fsp3) is 0.263. The average molecular weight is 380 g/mol. The van der Waals surface area contributed by atoms with Crippen LogP contribution < -0.4 is 15.0 Å². The molecule has 2 aromatic carbocycles. The summed E-state index contributed by atoms with van der Waals surface area (Å²) >= 11 is 0. The number of para-hydroxylation sites is 1. The van der Waals surface area contributed by atoms with Gasteiger partial charge < -0.3 is 15.0 Å². The maximum Gasteiger partial charge on any atom is 0.418 e. The summed E-state index contributed by atoms with van der Waals surface area (Å²) in [6, 6.07) is 11.2. The molecule has 0 aliphatic rings. The molecule has 0 saturated carbocycles. The molecule has 144 valence electrons. The molecule has 0 unspecified atom stereocenters. The summed E-state index contributed by atoms with van der Waals surface area (Å²) in [5.41, 5.74) is -0.765. The van der Waals surface area contributed by atoms with Gasteiger partial charge in [0.05, 0.1) is 18.4 Å². The Labute approximate surface area is 154 Å². The van der Waals surface area contributed by atoms with Crippen LogP contribution in [-0.4, -0.2) is 32.0 Å². The van der Waals surface area contributed by atoms with Crippen LogP contribution in [-0.2, 0) is 11.0 Å². The van der Waals surface area contributed by atoms with E-state index < -0.39 is 23.6 Å². The molecule has 0 radical (unpaired) electrons. The molecule has 0 bridgehead atoms. The lowest BCUT2D eigenvalue weighted by Gasteiger charge is -2.25. The molecule has 0 saturated heterocycles. The number of nitrogens with zero attached hydrogens (tertiary/aromatic N) is 1. The van der Waals surface area contributed by atoms with E-state index in [4.69, 9.17) is 4.74 Å². The molecule has 0 atom stereocenters. The summed E-state index contributed by atoms with van der Waals surface area (Å²) in [5.74, 6) is -0.353. The predicted molar refractivity (Wildman–Crippen MR) is 94.8 cm³/mol. The number of nitrogens with one attached hydrogen (secondary N) is 1. The van der Waals surface area contributed by atoms with Gasteiger partial charge in [-0.05, 0) is 36.4 Å². The van der Waals surface area contributed by atoms with E-state index in [1.165, 1.54) is 32.2 Å². The molecule has 2 aromatic rings. The van der Waals surface area contributed by atoms with Crippen molar-refractivity contribution in [3.63, 3.8) is 0 Å². The van der Waals surface area contributed by atoms with E-state index in [2.05, 4.69) is 5.32 Å². The lowest BCUT2D eigenvalue weighted by Crippen LogP contribution is -2.38. The molecule has 0 aliphatic carbocycles. The summed E-state index contributed by atoms with van der Waals surface area (Å²) in [4.78, 5) is 25.0. The average Bonchev–Trinajstić information content (AvgIpc) is 2.64. The molecule has 0 spiro atoms. The Balaban J connectivity index is 2.07. The van der Waals surface area contributed by atoms with Gasteiger partial charge in [0.15, 0.2) is 0 Å². The fourth-order valence-electron chi connectivity index (χ4n) is 2.52. The number of benzene rings is 2. The Morgan fingerprint density at radius 3 is 2.26 bits per heavy atom. The van der Waals surface area contributed by atoms with Crippen molar-refractivity contribution in [1.82, 2.24) is 5.32 Å². The van der Waals surface area contributed by atoms with Crippen molar-refractivity contribution < 1.29 is 27.5 Å². The predicted octanol–water partition coefficient (Wildman–Crippen LogP) is 3.50. The zero-order valence-electron chi connectivity index (χ0n) is 14.8. The number of hydrogen-bond acceptors (Lipinski definition) is 3. The lowest BCUT2D eigenvalue weighted by molar-refractivity contribution is -0.137. The van der Waals surface area contributed by atoms with Crippen molar-refractivity contribution in [3.8, 4) is 5.75 Å². The fourth-order valence-corrected chi connectivity index (χ4v) is 2.52. The number of methoxy groups -OCH3 is 1. The lowest BCUT2D eigenvalue weighted by atomic mass is 10.1. The molecule has 2 amide bonds. The van der Waals surface area contributed by atoms with E-state index in [-0.39, 0.29) is 18.8 Å². The van der Waals surface area contributed by atoms with Crippen LogP contribution in [0, 0.1) is 0 Å². The SMILES string of the molecule is COc1ccc(C(=O)NCCN(C(C)=O)c2ccccc2C(F)(F)F)cc1. The third-order valence-corrected chi connectivity index (χ3v) is 3.85. The van der Waals surface area contributed by atoms with Gasteiger partial charge in [-0.25, -0.2) is 0 Å². The molecule has 2 rings (SSSR count). The Kier molecular flexibility index (Phi) is 6.44. The molecule has 0 aromatic heterocycles. The van der Waals surface area contributed by atoms with Gasteiger partial charge >= 0.3 is 6.18 Å². The third-order valence-electron chi connectivity index (χ3n) is 3.85. The van der Waals surface area contributed by atoms with E-state index >= 15 is 0 Å². The number of alkyl halides is 3. The number of carbonyl (C=O) groups is 2. The Bertz CT molecular complexity index is 805. The normalized spacial score (nSPS) is 11.0. The highest BCUT2D eigenvalue weighted by Crippen LogP contribution is 2.36. The van der Waals surface area contributed by atoms with Crippen LogP contribution in [0.2, 0.25) is 0 Å². The molecule has 5 nitrogen and oxygen atoms in total. The molecule has 27 heavy (non-hydrogen) atoms. The molecule has 0 fully saturated rings. The highest BCUT2D eigenvalue weighted by atomic mass is 19.4. The Morgan fingerprint density at radius 1 is 1.07 bits per heavy atom. The van der Waals surface area contributed by atoms with Crippen LogP contribution >= 0.6 is 0 Å². The Hall–Kier alpha value is -3.03. The molecule has 0 heterocycles. The van der Waals surface area contributed by atoms with E-state index in [9.17, 15) is 22.8 Å². The van der Waals surface area contributed by atoms with Gasteiger partial charge in [0.2, 0.25) is 5.91 Å². The van der Waals surface area contributed by atoms with Crippen molar-refractivity contribution in [1.29, 1.82) is 0 Å². The number of anilines is 1. The summed E-state index contributed by atoms with van der Waals surface area (Å²) in [6.07, 6.45) is -4.59. The minimum absolute atomic E-state index is 0.00334. The second-order valence-electron chi connectivity index (χ2n) is 5.67. The van der Waals surface area contributed by atoms with Gasteiger partial charge in [0, 0.05) is 25.6 Å². The second-order valence-corrected chi connectivity index (χ2v) is 5.67. The van der Waals surface area contributed by atoms with Gasteiger partial charge in [-0.15, -0.1) is 0 Å². The maximum atomic E-state index is 13.2. The highest BCUT2D eigenvalue weighted by molar-refractivity contribution is 5.95. The van der Waals surface area contributed by atoms with Gasteiger partial charge in [0.1, 0.15) is 5.75 Å². The molecular weight excluding hydrogens is 361 g/mol. The second kappa shape index (κ2) is 8.57. The van der Waals surface area contributed by atoms with Crippen molar-refractivity contribution >= 4 is 17.5 Å². The van der Waals surface area contributed by atoms with Crippen LogP contribution in [0.3, 0.4) is 0 Å². The first-order valence-corrected chi connectivity index (χ1v) is 8.10. The molecule has 0 aliphatic heterocycles. The van der Waals surface area contributed by atoms with E-state index in [0.29, 0.717) is 11.3 Å². The first kappa shape index (κ1) is 20.3. The smallest absolute Gasteiger partial charge is 0.418 e. The van der Waals surface area contributed by atoms with E-state index in [1.54, 1.807) is 24.3 Å². The van der Waals surface area contributed by atoms with Crippen LogP contribution in [0.1, 0.15) is 22.8 Å². The van der Waals surface area contributed by atoms with Crippen LogP contribution in [0.5, 0.6) is 5.75 Å². The molecule has 1 N–H and O–H groups in total. The quantitative estimate of drug-likeness (QED) is 0.835. The minimum Gasteiger partial charge on any atom is -0.497 e. The van der Waals surface area contributed by atoms with Crippen LogP contribution in [0.4, 0.5) is 18.9 Å². The first-order chi connectivity index (χ1) is 12.7. The standard InChI is InChI=1S/C19H19F3N2O3/c1-13(25)24(17-6-4-3-5-16(17)19(20,21)22)12-11-23-18(26)14-7-9-15(27-2)10-8-14/h3-10H,11-12H2,1-2H3,(H,23,26). The van der Waals surface area contributed by atoms with Crippen molar-refractivity contribution in [2.45, 2.75) is 13.1 Å². The number of ether oxygens (including phenoxy) is 1. The van der Waals surface area contributed by atoms with Crippen LogP contribution in [0.15, 0.2) is 48.5 Å². The largest absolute Gasteiger partial charge is 0.497 e. The topological polar surface area (TPSA) is 58.6 Å². The van der Waals surface area contributed by atoms with Gasteiger partial charge in [-0.3, -0.25) is 9.59 Å². The van der Waals surface area contributed by atoms with Gasteiger partial charge in [-0.1, -0.05) is 12.1 Å². The van der Waals surface area contributed by atoms with Gasteiger partial charge in [0.25, 0.3) is 5.91 Å². The van der Waals surface area contributed by atoms with Crippen molar-refractivity contribution in [3.05, 3.63) is 59.7 Å². The number of halogens is 3. The van der Waals surface area contributed by atoms with Gasteiger partial charge in [-0.2, -0.15) is 13.2 Å². The summed E-state index contributed by atoms with van der Waals surface area (Å²) in [5, 5.41) is 2.59. The maximum absolute atomic E-state index is 13.2. The number of amides is 2. The number of carbonyl (C=O) groups excluding carboxylic acids is 2. The third kappa shape index (κ3) is 5.22. The van der Waals surface area contributed by atoms with Crippen molar-refractivity contribution in [2.24, 2.45) is 0 Å². The van der Waals surface area contributed by atoms with Crippen LogP contribution in [0.25, 0.3) is 0 Å². The van der Waals surface area contributed by atoms with Crippen molar-refractivity contribution in [2.75, 3.05) is 25.1 Å². The first-order valence-electron chi connectivity index (χ1n) is 8.10. The molecule has 8 heteroatoms. The minimum atomic E-state index is -4.59. The monoisotopic (exact) mass is 380 g/mol. The zero-order chi connectivity index (χ0) is 20.0.